The van der Waals surface area contributed by atoms with Crippen LogP contribution in [-0.4, -0.2) is 0 Å². The van der Waals surface area contributed by atoms with Crippen molar-refractivity contribution in [1.82, 2.24) is 0 Å². The lowest BCUT2D eigenvalue weighted by Gasteiger charge is -2.28. The Morgan fingerprint density at radius 3 is 1.28 bits per heavy atom. The van der Waals surface area contributed by atoms with E-state index in [0.717, 1.165) is 6.42 Å². The minimum Gasteiger partial charge on any atom is -0.0622 e. The van der Waals surface area contributed by atoms with Gasteiger partial charge in [-0.2, -0.15) is 0 Å². The fraction of sp³-hybridized carbons (Fsp3) is 0.170. The van der Waals surface area contributed by atoms with E-state index >= 15 is 0 Å². The van der Waals surface area contributed by atoms with Crippen molar-refractivity contribution in [3.05, 3.63) is 177 Å². The summed E-state index contributed by atoms with van der Waals surface area (Å²) < 4.78 is 0. The van der Waals surface area contributed by atoms with Gasteiger partial charge in [-0.15, -0.1) is 0 Å². The Hall–Kier alpha value is -5.72. The predicted molar refractivity (Wildman–Crippen MR) is 229 cm³/mol. The van der Waals surface area contributed by atoms with Gasteiger partial charge in [0.15, 0.2) is 0 Å². The molecule has 0 unspecified atom stereocenters. The first kappa shape index (κ1) is 33.1. The Bertz CT molecular complexity index is 2710. The summed E-state index contributed by atoms with van der Waals surface area (Å²) in [5.41, 5.74) is 27.0. The van der Waals surface area contributed by atoms with Gasteiger partial charge in [-0.1, -0.05) is 115 Å². The Labute approximate surface area is 314 Å². The quantitative estimate of drug-likeness (QED) is 0.162. The van der Waals surface area contributed by atoms with E-state index < -0.39 is 0 Å². The van der Waals surface area contributed by atoms with Crippen molar-refractivity contribution in [2.24, 2.45) is 0 Å². The highest BCUT2D eigenvalue weighted by Crippen LogP contribution is 2.52. The molecule has 1 aliphatic rings. The summed E-state index contributed by atoms with van der Waals surface area (Å²) in [6.45, 7) is 18.8. The lowest BCUT2D eigenvalue weighted by atomic mass is 9.75. The fourth-order valence-electron chi connectivity index (χ4n) is 9.39. The highest BCUT2D eigenvalue weighted by atomic mass is 14.3. The first-order valence-corrected chi connectivity index (χ1v) is 19.1. The molecule has 0 amide bonds. The van der Waals surface area contributed by atoms with Crippen LogP contribution < -0.4 is 0 Å². The van der Waals surface area contributed by atoms with Crippen LogP contribution in [0.25, 0.3) is 77.2 Å². The van der Waals surface area contributed by atoms with Gasteiger partial charge in [-0.05, 0) is 201 Å². The molecular weight excluding hydrogens is 637 g/mol. The van der Waals surface area contributed by atoms with E-state index in [-0.39, 0.29) is 0 Å². The maximum absolute atomic E-state index is 2.51. The van der Waals surface area contributed by atoms with Crippen LogP contribution in [0.5, 0.6) is 0 Å². The van der Waals surface area contributed by atoms with E-state index in [0.29, 0.717) is 0 Å². The lowest BCUT2D eigenvalue weighted by Crippen LogP contribution is -2.04. The molecule has 0 radical (unpaired) electrons. The van der Waals surface area contributed by atoms with Crippen LogP contribution in [0.1, 0.15) is 55.6 Å². The van der Waals surface area contributed by atoms with Crippen LogP contribution in [0.3, 0.4) is 0 Å². The van der Waals surface area contributed by atoms with Crippen LogP contribution in [0.2, 0.25) is 0 Å². The predicted octanol–water partition coefficient (Wildman–Crippen LogP) is 14.7. The van der Waals surface area contributed by atoms with Gasteiger partial charge in [0, 0.05) is 0 Å². The van der Waals surface area contributed by atoms with Gasteiger partial charge in [-0.25, -0.2) is 0 Å². The Kier molecular flexibility index (Phi) is 7.79. The van der Waals surface area contributed by atoms with E-state index in [2.05, 4.69) is 177 Å². The summed E-state index contributed by atoms with van der Waals surface area (Å²) in [5.74, 6) is 0. The second-order valence-corrected chi connectivity index (χ2v) is 15.4. The van der Waals surface area contributed by atoms with Crippen molar-refractivity contribution in [3.63, 3.8) is 0 Å². The van der Waals surface area contributed by atoms with Gasteiger partial charge in [0.05, 0.1) is 0 Å². The minimum atomic E-state index is 1.00. The van der Waals surface area contributed by atoms with Crippen LogP contribution in [0.15, 0.2) is 121 Å². The molecule has 0 aromatic heterocycles. The van der Waals surface area contributed by atoms with Gasteiger partial charge in [0.1, 0.15) is 0 Å². The minimum absolute atomic E-state index is 1.00. The topological polar surface area (TPSA) is 0 Å². The smallest absolute Gasteiger partial charge is 0.00134 e. The zero-order valence-electron chi connectivity index (χ0n) is 32.3. The van der Waals surface area contributed by atoms with Gasteiger partial charge in [0.25, 0.3) is 0 Å². The molecule has 0 heteroatoms. The average Bonchev–Trinajstić information content (AvgIpc) is 3.58. The molecule has 53 heavy (non-hydrogen) atoms. The molecule has 1 aliphatic carbocycles. The van der Waals surface area contributed by atoms with Gasteiger partial charge in [0.2, 0.25) is 0 Å². The maximum atomic E-state index is 2.51. The number of hydrogen-bond donors (Lipinski definition) is 0. The molecule has 0 aliphatic heterocycles. The molecule has 8 aromatic rings. The van der Waals surface area contributed by atoms with E-state index in [1.54, 1.807) is 0 Å². The Balaban J connectivity index is 1.43. The first-order valence-electron chi connectivity index (χ1n) is 19.1. The summed E-state index contributed by atoms with van der Waals surface area (Å²) >= 11 is 0. The molecule has 0 saturated heterocycles. The third-order valence-corrected chi connectivity index (χ3v) is 13.0. The van der Waals surface area contributed by atoms with Crippen molar-refractivity contribution in [2.45, 2.75) is 61.8 Å². The number of benzene rings is 8. The number of aryl methyl sites for hydroxylation is 4. The zero-order valence-corrected chi connectivity index (χ0v) is 32.3. The van der Waals surface area contributed by atoms with Crippen LogP contribution in [0, 0.1) is 55.4 Å². The van der Waals surface area contributed by atoms with Gasteiger partial charge < -0.3 is 0 Å². The second kappa shape index (κ2) is 12.5. The molecule has 0 N–H and O–H groups in total. The molecule has 0 fully saturated rings. The summed E-state index contributed by atoms with van der Waals surface area (Å²) in [6.07, 6.45) is 1.00. The molecular formula is C53H46. The highest BCUT2D eigenvalue weighted by Gasteiger charge is 2.28. The lowest BCUT2D eigenvalue weighted by molar-refractivity contribution is 1.24. The summed E-state index contributed by atoms with van der Waals surface area (Å²) in [7, 11) is 0. The van der Waals surface area contributed by atoms with Crippen LogP contribution in [0.4, 0.5) is 0 Å². The third-order valence-electron chi connectivity index (χ3n) is 13.0. The van der Waals surface area contributed by atoms with Crippen LogP contribution in [-0.2, 0) is 6.42 Å². The maximum Gasteiger partial charge on any atom is -0.00134 e. The standard InChI is InChI=1S/C53H46/c1-30-32(3)36(7)50-48(34(30)5)52(43-27-26-42-28-41-18-12-13-20-45(41)47(42)29-43)49-35(6)31(2)33(4)37(8)51(49)53(50)46-21-15-14-19-44(46)40-24-22-39(23-25-40)38-16-10-9-11-17-38/h9-27,29H,28H2,1-8H3. The van der Waals surface area contributed by atoms with E-state index in [1.807, 2.05) is 0 Å². The van der Waals surface area contributed by atoms with E-state index in [4.69, 9.17) is 0 Å². The third kappa shape index (κ3) is 4.96. The fourth-order valence-corrected chi connectivity index (χ4v) is 9.39. The van der Waals surface area contributed by atoms with Crippen molar-refractivity contribution in [2.75, 3.05) is 0 Å². The van der Waals surface area contributed by atoms with E-state index in [9.17, 15) is 0 Å². The van der Waals surface area contributed by atoms with Crippen LogP contribution >= 0.6 is 0 Å². The molecule has 8 aromatic carbocycles. The van der Waals surface area contributed by atoms with Crippen molar-refractivity contribution in [1.29, 1.82) is 0 Å². The number of rotatable bonds is 4. The number of fused-ring (bicyclic) bond motifs is 5. The van der Waals surface area contributed by atoms with Crippen molar-refractivity contribution < 1.29 is 0 Å². The average molecular weight is 683 g/mol. The zero-order chi connectivity index (χ0) is 36.7. The first-order chi connectivity index (χ1) is 25.7. The molecule has 0 saturated carbocycles. The monoisotopic (exact) mass is 682 g/mol. The second-order valence-electron chi connectivity index (χ2n) is 15.4. The van der Waals surface area contributed by atoms with E-state index in [1.165, 1.54) is 133 Å². The molecule has 0 heterocycles. The molecule has 0 bridgehead atoms. The molecule has 9 rings (SSSR count). The normalized spacial score (nSPS) is 12.1. The summed E-state index contributed by atoms with van der Waals surface area (Å²) in [5, 5.41) is 5.54. The molecule has 258 valence electrons. The largest absolute Gasteiger partial charge is 0.0622 e. The van der Waals surface area contributed by atoms with Gasteiger partial charge >= 0.3 is 0 Å². The molecule has 0 atom stereocenters. The highest BCUT2D eigenvalue weighted by molar-refractivity contribution is 6.26. The summed E-state index contributed by atoms with van der Waals surface area (Å²) in [6, 6.07) is 45.3. The number of hydrogen-bond acceptors (Lipinski definition) is 0. The van der Waals surface area contributed by atoms with Crippen molar-refractivity contribution >= 4 is 21.5 Å². The molecule has 0 nitrogen and oxygen atoms in total. The Morgan fingerprint density at radius 2 is 0.698 bits per heavy atom. The summed E-state index contributed by atoms with van der Waals surface area (Å²) in [4.78, 5) is 0. The van der Waals surface area contributed by atoms with Gasteiger partial charge in [-0.3, -0.25) is 0 Å². The molecule has 0 spiro atoms. The Morgan fingerprint density at radius 1 is 0.283 bits per heavy atom. The van der Waals surface area contributed by atoms with Crippen molar-refractivity contribution in [3.8, 4) is 55.6 Å². The SMILES string of the molecule is Cc1c(C)c(C)c2c(-c3ccccc3-c3ccc(-c4ccccc4)cc3)c3c(C)c(C)c(C)c(C)c3c(-c3ccc4c(c3)-c3ccccc3C4)c2c1C.